The Kier molecular flexibility index (Phi) is 3.01. The highest BCUT2D eigenvalue weighted by Crippen LogP contribution is 2.37. The molecular weight excluding hydrogens is 289 g/mol. The molecule has 4 rings (SSSR count). The van der Waals surface area contributed by atoms with Crippen LogP contribution in [0.4, 0.5) is 10.1 Å². The summed E-state index contributed by atoms with van der Waals surface area (Å²) in [6.07, 6.45) is 1.84. The molecule has 0 spiro atoms. The Labute approximate surface area is 133 Å². The van der Waals surface area contributed by atoms with Crippen molar-refractivity contribution in [3.05, 3.63) is 77.1 Å². The molecule has 23 heavy (non-hydrogen) atoms. The molecule has 3 aliphatic rings. The van der Waals surface area contributed by atoms with Crippen LogP contribution in [0.5, 0.6) is 0 Å². The Hall–Kier alpha value is -2.94. The van der Waals surface area contributed by atoms with E-state index in [9.17, 15) is 9.18 Å². The smallest absolute Gasteiger partial charge is 0.256 e. The Morgan fingerprint density at radius 3 is 2.57 bits per heavy atom. The van der Waals surface area contributed by atoms with E-state index in [2.05, 4.69) is 17.4 Å². The van der Waals surface area contributed by atoms with Crippen LogP contribution < -0.4 is 5.32 Å². The second kappa shape index (κ2) is 5.06. The Bertz CT molecular complexity index is 942. The molecule has 1 aromatic carbocycles. The third-order valence-corrected chi connectivity index (χ3v) is 4.21. The van der Waals surface area contributed by atoms with E-state index in [1.807, 2.05) is 37.3 Å². The lowest BCUT2D eigenvalue weighted by atomic mass is 10.0. The fourth-order valence-corrected chi connectivity index (χ4v) is 3.11. The second-order valence-electron chi connectivity index (χ2n) is 5.72. The first kappa shape index (κ1) is 13.7. The summed E-state index contributed by atoms with van der Waals surface area (Å²) < 4.78 is 13.5. The summed E-state index contributed by atoms with van der Waals surface area (Å²) in [6, 6.07) is 16.5. The standard InChI is InChI=1S/C20H14FNO/c1-12-9-13(16-6-4-2-3-5-15(12)16)10-18-17-11-14(21)7-8-19(17)22-20(18)23/h2-11H,1H3,(H,22,23)/b18-10+. The number of carbonyl (C=O) groups excluding carboxylic acids is 1. The normalized spacial score (nSPS) is 15.0. The molecule has 0 unspecified atom stereocenters. The van der Waals surface area contributed by atoms with Crippen molar-refractivity contribution in [2.24, 2.45) is 0 Å². The minimum Gasteiger partial charge on any atom is -0.321 e. The van der Waals surface area contributed by atoms with Gasteiger partial charge in [-0.15, -0.1) is 0 Å². The maximum absolute atomic E-state index is 13.5. The lowest BCUT2D eigenvalue weighted by Gasteiger charge is -2.00. The number of aryl methyl sites for hydroxylation is 1. The zero-order valence-corrected chi connectivity index (χ0v) is 12.6. The molecule has 0 bridgehead atoms. The van der Waals surface area contributed by atoms with E-state index >= 15 is 0 Å². The minimum absolute atomic E-state index is 0.196. The van der Waals surface area contributed by atoms with Crippen molar-refractivity contribution in [2.45, 2.75) is 6.92 Å². The molecule has 1 aromatic rings. The predicted octanol–water partition coefficient (Wildman–Crippen LogP) is 4.73. The van der Waals surface area contributed by atoms with Crippen LogP contribution in [0.1, 0.15) is 16.7 Å². The number of hydrogen-bond donors (Lipinski definition) is 1. The van der Waals surface area contributed by atoms with Gasteiger partial charge < -0.3 is 5.32 Å². The number of rotatable bonds is 1. The maximum atomic E-state index is 13.5. The number of benzene rings is 1. The lowest BCUT2D eigenvalue weighted by Crippen LogP contribution is -2.03. The van der Waals surface area contributed by atoms with Crippen molar-refractivity contribution in [1.82, 2.24) is 0 Å². The van der Waals surface area contributed by atoms with Gasteiger partial charge in [0.25, 0.3) is 5.91 Å². The summed E-state index contributed by atoms with van der Waals surface area (Å²) in [5.74, 6) is -0.543. The fourth-order valence-electron chi connectivity index (χ4n) is 3.11. The monoisotopic (exact) mass is 303 g/mol. The Morgan fingerprint density at radius 1 is 0.957 bits per heavy atom. The molecule has 1 N–H and O–H groups in total. The number of hydrogen-bond acceptors (Lipinski definition) is 1. The quantitative estimate of drug-likeness (QED) is 0.647. The number of halogens is 1. The first-order valence-corrected chi connectivity index (χ1v) is 7.45. The maximum Gasteiger partial charge on any atom is 0.256 e. The van der Waals surface area contributed by atoms with Crippen molar-refractivity contribution in [3.8, 4) is 11.1 Å². The topological polar surface area (TPSA) is 29.1 Å². The molecule has 1 aliphatic heterocycles. The minimum atomic E-state index is -0.346. The van der Waals surface area contributed by atoms with Crippen molar-refractivity contribution in [1.29, 1.82) is 0 Å². The van der Waals surface area contributed by atoms with Crippen molar-refractivity contribution >= 4 is 23.2 Å². The molecule has 0 fully saturated rings. The van der Waals surface area contributed by atoms with E-state index in [0.29, 0.717) is 16.8 Å². The summed E-state index contributed by atoms with van der Waals surface area (Å²) in [4.78, 5) is 12.2. The van der Waals surface area contributed by atoms with Gasteiger partial charge in [0.05, 0.1) is 0 Å². The van der Waals surface area contributed by atoms with Gasteiger partial charge in [0.15, 0.2) is 0 Å². The third kappa shape index (κ3) is 2.21. The van der Waals surface area contributed by atoms with Gasteiger partial charge in [0.2, 0.25) is 0 Å². The zero-order valence-electron chi connectivity index (χ0n) is 12.6. The molecule has 0 radical (unpaired) electrons. The van der Waals surface area contributed by atoms with E-state index in [0.717, 1.165) is 22.3 Å². The summed E-state index contributed by atoms with van der Waals surface area (Å²) in [5, 5.41) is 2.78. The average Bonchev–Trinajstić information content (AvgIpc) is 2.86. The molecule has 1 heterocycles. The molecule has 1 amide bonds. The van der Waals surface area contributed by atoms with Crippen LogP contribution in [0.2, 0.25) is 0 Å². The predicted molar refractivity (Wildman–Crippen MR) is 90.7 cm³/mol. The second-order valence-corrected chi connectivity index (χ2v) is 5.72. The van der Waals surface area contributed by atoms with E-state index in [4.69, 9.17) is 0 Å². The van der Waals surface area contributed by atoms with Gasteiger partial charge in [-0.3, -0.25) is 4.79 Å². The van der Waals surface area contributed by atoms with Gasteiger partial charge in [-0.25, -0.2) is 4.39 Å². The molecule has 0 aromatic heterocycles. The number of fused-ring (bicyclic) bond motifs is 2. The van der Waals surface area contributed by atoms with E-state index in [1.54, 1.807) is 6.07 Å². The van der Waals surface area contributed by atoms with Crippen LogP contribution in [0.3, 0.4) is 0 Å². The average molecular weight is 303 g/mol. The van der Waals surface area contributed by atoms with Crippen LogP contribution in [0.25, 0.3) is 22.8 Å². The molecule has 0 saturated heterocycles. The first-order valence-electron chi connectivity index (χ1n) is 7.45. The summed E-state index contributed by atoms with van der Waals surface area (Å²) in [7, 11) is 0. The molecule has 3 heteroatoms. The summed E-state index contributed by atoms with van der Waals surface area (Å²) in [6.45, 7) is 2.05. The highest BCUT2D eigenvalue weighted by Gasteiger charge is 2.25. The van der Waals surface area contributed by atoms with Gasteiger partial charge in [0.1, 0.15) is 5.82 Å². The molecule has 112 valence electrons. The van der Waals surface area contributed by atoms with Crippen molar-refractivity contribution in [3.63, 3.8) is 0 Å². The molecule has 0 saturated carbocycles. The van der Waals surface area contributed by atoms with Crippen LogP contribution >= 0.6 is 0 Å². The highest BCUT2D eigenvalue weighted by molar-refractivity contribution is 6.35. The molecule has 0 atom stereocenters. The Balaban J connectivity index is 1.90. The molecule has 2 nitrogen and oxygen atoms in total. The summed E-state index contributed by atoms with van der Waals surface area (Å²) in [5.41, 5.74) is 6.12. The molecular formula is C20H14FNO. The van der Waals surface area contributed by atoms with Crippen molar-refractivity contribution < 1.29 is 9.18 Å². The van der Waals surface area contributed by atoms with Crippen LogP contribution in [0.15, 0.2) is 54.6 Å². The van der Waals surface area contributed by atoms with E-state index in [1.165, 1.54) is 12.1 Å². The first-order chi connectivity index (χ1) is 11.1. The van der Waals surface area contributed by atoms with Gasteiger partial charge in [-0.1, -0.05) is 36.4 Å². The number of carbonyl (C=O) groups is 1. The van der Waals surface area contributed by atoms with Gasteiger partial charge >= 0.3 is 0 Å². The van der Waals surface area contributed by atoms with Gasteiger partial charge in [-0.05, 0) is 53.5 Å². The largest absolute Gasteiger partial charge is 0.321 e. The molecule has 2 aliphatic carbocycles. The number of amides is 1. The number of nitrogens with one attached hydrogen (secondary N) is 1. The van der Waals surface area contributed by atoms with Crippen molar-refractivity contribution in [2.75, 3.05) is 5.32 Å². The van der Waals surface area contributed by atoms with E-state index in [-0.39, 0.29) is 11.7 Å². The lowest BCUT2D eigenvalue weighted by molar-refractivity contribution is -0.110. The Morgan fingerprint density at radius 2 is 1.74 bits per heavy atom. The third-order valence-electron chi connectivity index (χ3n) is 4.21. The SMILES string of the molecule is Cc1cc(/C=C2/C(=O)Nc3ccc(F)cc32)c2cccccc1-2. The van der Waals surface area contributed by atoms with Crippen LogP contribution in [-0.4, -0.2) is 5.91 Å². The highest BCUT2D eigenvalue weighted by atomic mass is 19.1. The van der Waals surface area contributed by atoms with Crippen LogP contribution in [-0.2, 0) is 4.79 Å². The van der Waals surface area contributed by atoms with Gasteiger partial charge in [-0.2, -0.15) is 0 Å². The number of anilines is 1. The van der Waals surface area contributed by atoms with E-state index < -0.39 is 0 Å². The summed E-state index contributed by atoms with van der Waals surface area (Å²) >= 11 is 0. The fraction of sp³-hybridized carbons (Fsp3) is 0.0500. The zero-order chi connectivity index (χ0) is 16.0. The van der Waals surface area contributed by atoms with Crippen LogP contribution in [0, 0.1) is 12.7 Å². The van der Waals surface area contributed by atoms with Gasteiger partial charge in [0, 0.05) is 16.8 Å².